The second-order valence-electron chi connectivity index (χ2n) is 26.0. The largest absolute Gasteiger partial charge is 0.458 e. The van der Waals surface area contributed by atoms with E-state index in [9.17, 15) is 62.3 Å². The molecule has 3 saturated heterocycles. The summed E-state index contributed by atoms with van der Waals surface area (Å²) in [7, 11) is 5.28. The van der Waals surface area contributed by atoms with Crippen LogP contribution in [0, 0.1) is 49.4 Å². The lowest BCUT2D eigenvalue weighted by molar-refractivity contribution is -0.163. The molecule has 0 radical (unpaired) electrons. The number of nitrogens with one attached hydrogen (secondary N) is 4. The summed E-state index contributed by atoms with van der Waals surface area (Å²) >= 11 is 0. The number of hydrogen-bond donors (Lipinski definition) is 5. The quantitative estimate of drug-likeness (QED) is 0.113. The first kappa shape index (κ1) is 70.3. The van der Waals surface area contributed by atoms with Crippen molar-refractivity contribution < 1.29 is 81.0 Å². The fourth-order valence-corrected chi connectivity index (χ4v) is 12.4. The number of nitrogens with zero attached hydrogens (tertiary/aromatic N) is 6. The number of carbonyl (C=O) groups is 14. The van der Waals surface area contributed by atoms with Crippen molar-refractivity contribution in [3.63, 3.8) is 0 Å². The van der Waals surface area contributed by atoms with Crippen molar-refractivity contribution in [1.29, 1.82) is 0 Å². The van der Waals surface area contributed by atoms with Gasteiger partial charge in [0.25, 0.3) is 11.8 Å². The van der Waals surface area contributed by atoms with Crippen LogP contribution in [-0.2, 0) is 67.0 Å². The van der Waals surface area contributed by atoms with Crippen molar-refractivity contribution in [3.8, 4) is 11.5 Å². The Kier molecular flexibility index (Phi) is 21.2. The average Bonchev–Trinajstić information content (AvgIpc) is 0.921. The van der Waals surface area contributed by atoms with Crippen LogP contribution < -0.4 is 32.4 Å². The molecule has 2 aliphatic carbocycles. The summed E-state index contributed by atoms with van der Waals surface area (Å²) < 4.78 is 18.2. The number of hydrogen-bond acceptors (Lipinski definition) is 20. The monoisotopic (exact) mass is 1280 g/mol. The van der Waals surface area contributed by atoms with E-state index in [0.717, 1.165) is 24.5 Å². The van der Waals surface area contributed by atoms with E-state index in [-0.39, 0.29) is 46.6 Å². The Labute approximate surface area is 531 Å². The Morgan fingerprint density at radius 3 is 1.61 bits per heavy atom. The van der Waals surface area contributed by atoms with E-state index in [1.54, 1.807) is 62.3 Å². The van der Waals surface area contributed by atoms with Crippen molar-refractivity contribution in [2.45, 2.75) is 157 Å². The molecule has 6 N–H and O–H groups in total. The minimum Gasteiger partial charge on any atom is -0.458 e. The molecule has 11 atom stereocenters. The van der Waals surface area contributed by atoms with Crippen LogP contribution in [0.1, 0.15) is 120 Å². The van der Waals surface area contributed by atoms with Gasteiger partial charge < -0.3 is 65.4 Å². The van der Waals surface area contributed by atoms with Crippen LogP contribution in [-0.4, -0.2) is 214 Å². The van der Waals surface area contributed by atoms with Gasteiger partial charge in [-0.15, -0.1) is 0 Å². The number of anilines is 1. The lowest BCUT2D eigenvalue weighted by Crippen LogP contribution is -2.61. The van der Waals surface area contributed by atoms with Crippen LogP contribution in [0.15, 0.2) is 21.3 Å². The van der Waals surface area contributed by atoms with Crippen LogP contribution in [0.5, 0.6) is 0 Å². The topological polar surface area (TPSA) is 391 Å². The third-order valence-electron chi connectivity index (χ3n) is 17.7. The molecule has 9 amide bonds. The highest BCUT2D eigenvalue weighted by Crippen LogP contribution is 2.36. The Bertz CT molecular complexity index is 3600. The minimum atomic E-state index is -1.97. The van der Waals surface area contributed by atoms with E-state index < -0.39 is 215 Å². The van der Waals surface area contributed by atoms with Gasteiger partial charge in [0.1, 0.15) is 65.5 Å². The second-order valence-corrected chi connectivity index (χ2v) is 26.0. The Morgan fingerprint density at radius 1 is 0.609 bits per heavy atom. The van der Waals surface area contributed by atoms with Gasteiger partial charge in [-0.3, -0.25) is 62.3 Å². The maximum atomic E-state index is 15.2. The lowest BCUT2D eigenvalue weighted by Gasteiger charge is -2.35. The zero-order chi connectivity index (χ0) is 68.7. The number of amides is 9. The summed E-state index contributed by atoms with van der Waals surface area (Å²) in [5.41, 5.74) is 3.12. The molecular formula is C63H83N11O18. The lowest BCUT2D eigenvalue weighted by atomic mass is 9.83. The first-order valence-electron chi connectivity index (χ1n) is 30.6. The van der Waals surface area contributed by atoms with E-state index >= 15 is 9.59 Å². The first-order valence-corrected chi connectivity index (χ1v) is 30.6. The number of esters is 2. The standard InChI is InChI=1S/C63H83N11O18/c1-25(2)43-52(80)36-19-33(75)20-37(36)59(85)70(13)23-39(77)72(15)49(27(5)6)62(88)90-31(11)45(57(83)66-43)68-55(81)35-18-17-29(9)53-47(35)65-48-41(42(64)51(79)30(10)54(48)92-53)56(82)69-46-32(12)91-63(89)50(28(7)8)73(16)40(78)24-71(14)60(86)38-21-34(76)22-74(38)61(87)44(26(3)4)67-58(46)84/h17-18,25-28,31-32,36-38,43-46,49-50H,19-24,64H2,1-16H3,(H,66,83)(H,67,84)(H,68,81)(H,69,82)/t31-,32-,36?,37-,38+,43-,44-,45+,46+,49+,50+/m1/s1. The molecule has 4 heterocycles. The van der Waals surface area contributed by atoms with Gasteiger partial charge in [-0.1, -0.05) is 61.5 Å². The number of nitrogen functional groups attached to an aromatic ring is 1. The van der Waals surface area contributed by atoms with Crippen LogP contribution in [0.3, 0.4) is 0 Å². The van der Waals surface area contributed by atoms with E-state index in [0.29, 0.717) is 5.56 Å². The molecule has 0 spiro atoms. The Balaban J connectivity index is 1.33. The maximum absolute atomic E-state index is 15.2. The van der Waals surface area contributed by atoms with Crippen molar-refractivity contribution in [1.82, 2.24) is 50.8 Å². The predicted molar refractivity (Wildman–Crippen MR) is 327 cm³/mol. The van der Waals surface area contributed by atoms with Crippen molar-refractivity contribution in [3.05, 3.63) is 44.6 Å². The Morgan fingerprint density at radius 2 is 1.10 bits per heavy atom. The molecule has 498 valence electrons. The molecule has 29 nitrogen and oxygen atoms in total. The third-order valence-corrected chi connectivity index (χ3v) is 17.7. The van der Waals surface area contributed by atoms with Gasteiger partial charge in [0.2, 0.25) is 46.8 Å². The number of cyclic esters (lactones) is 2. The number of rotatable bonds is 8. The molecule has 92 heavy (non-hydrogen) atoms. The molecular weight excluding hydrogens is 1200 g/mol. The fourth-order valence-electron chi connectivity index (χ4n) is 12.4. The second kappa shape index (κ2) is 27.7. The first-order chi connectivity index (χ1) is 42.9. The fraction of sp³-hybridized carbons (Fsp3) is 0.587. The number of nitrogens with two attached hydrogens (primary N) is 1. The zero-order valence-electron chi connectivity index (χ0n) is 54.7. The predicted octanol–water partition coefficient (Wildman–Crippen LogP) is 0.0780. The van der Waals surface area contributed by atoms with Crippen molar-refractivity contribution >= 4 is 99.2 Å². The van der Waals surface area contributed by atoms with Gasteiger partial charge in [-0.05, 0) is 63.0 Å². The van der Waals surface area contributed by atoms with Gasteiger partial charge in [-0.2, -0.15) is 0 Å². The average molecular weight is 1280 g/mol. The van der Waals surface area contributed by atoms with Gasteiger partial charge in [-0.25, -0.2) is 14.6 Å². The number of aromatic nitrogens is 1. The zero-order valence-corrected chi connectivity index (χ0v) is 54.7. The number of Topliss-reactive ketones (excluding diaryl/α,β-unsaturated/α-hetero) is 3. The van der Waals surface area contributed by atoms with Crippen molar-refractivity contribution in [2.75, 3.05) is 53.6 Å². The molecule has 0 aromatic heterocycles. The van der Waals surface area contributed by atoms with E-state index in [4.69, 9.17) is 24.6 Å². The molecule has 1 aromatic rings. The number of ketones is 3. The third kappa shape index (κ3) is 14.0. The highest BCUT2D eigenvalue weighted by molar-refractivity contribution is 6.11. The number of fused-ring (bicyclic) bond motifs is 4. The number of aryl methyl sites for hydroxylation is 1. The van der Waals surface area contributed by atoms with E-state index in [1.165, 1.54) is 61.1 Å². The molecule has 29 heteroatoms. The van der Waals surface area contributed by atoms with Gasteiger partial charge in [0.15, 0.2) is 22.9 Å². The van der Waals surface area contributed by atoms with Gasteiger partial charge in [0, 0.05) is 58.9 Å². The van der Waals surface area contributed by atoms with Crippen LogP contribution in [0.2, 0.25) is 0 Å². The van der Waals surface area contributed by atoms with Crippen LogP contribution >= 0.6 is 0 Å². The molecule has 4 fully saturated rings. The SMILES string of the molecule is Cc1c2oc3c(C)ccc(C(=O)N[C@@H]4C(=O)N[C@H](C(C)C)C(=O)C5CC(=O)C[C@H]5C(=O)N(C)CC(=O)N(C)[C@@H](C(C)C)C(=O)O[C@@H]4C)c3nc-2c(C(=O)N[C@@H]2C(=O)N[C@H](C(C)C)C(=O)N3CC(=O)C[C@H]3C(=O)N(C)CC(=O)N(C)[C@@H](C(C)C)C(=O)O[C@@H]2C)c(N)c1=O. The van der Waals surface area contributed by atoms with Crippen LogP contribution in [0.4, 0.5) is 5.69 Å². The molecule has 0 bridgehead atoms. The number of benzene rings is 2. The summed E-state index contributed by atoms with van der Waals surface area (Å²) in [6, 6.07) is -7.96. The normalized spacial score (nSPS) is 26.7. The number of carbonyl (C=O) groups excluding carboxylic acids is 14. The van der Waals surface area contributed by atoms with Gasteiger partial charge in [0.05, 0.1) is 48.4 Å². The summed E-state index contributed by atoms with van der Waals surface area (Å²) in [6.07, 6.45) is -4.24. The summed E-state index contributed by atoms with van der Waals surface area (Å²) in [6.45, 7) is 16.7. The number of ether oxygens (including phenoxy) is 2. The van der Waals surface area contributed by atoms with Crippen molar-refractivity contribution in [2.24, 2.45) is 35.5 Å². The minimum absolute atomic E-state index is 0.121. The Hall–Kier alpha value is -9.18. The highest BCUT2D eigenvalue weighted by atomic mass is 16.6. The molecule has 7 rings (SSSR count). The molecule has 1 saturated carbocycles. The van der Waals surface area contributed by atoms with Crippen LogP contribution in [0.25, 0.3) is 22.6 Å². The summed E-state index contributed by atoms with van der Waals surface area (Å²) in [5, 5.41) is 10.4. The maximum Gasteiger partial charge on any atom is 0.329 e. The van der Waals surface area contributed by atoms with Gasteiger partial charge >= 0.3 is 11.9 Å². The summed E-state index contributed by atoms with van der Waals surface area (Å²) in [5.74, 6) is -17.2. The molecule has 4 aliphatic heterocycles. The summed E-state index contributed by atoms with van der Waals surface area (Å²) in [4.78, 5) is 223. The van der Waals surface area contributed by atoms with E-state index in [2.05, 4.69) is 21.3 Å². The highest BCUT2D eigenvalue weighted by Gasteiger charge is 2.49. The molecule has 1 unspecified atom stereocenters. The van der Waals surface area contributed by atoms with E-state index in [1.807, 2.05) is 0 Å². The molecule has 6 aliphatic rings. The molecule has 1 aromatic carbocycles. The smallest absolute Gasteiger partial charge is 0.329 e. The number of likely N-dealkylation sites (N-methyl/N-ethyl adjacent to an activating group) is 4.